The number of fused-ring (bicyclic) bond motifs is 1. The molecule has 4 aromatic rings. The van der Waals surface area contributed by atoms with Gasteiger partial charge in [-0.05, 0) is 71.8 Å². The van der Waals surface area contributed by atoms with Crippen molar-refractivity contribution in [1.29, 1.82) is 0 Å². The number of rotatable bonds is 5. The quantitative estimate of drug-likeness (QED) is 0.256. The molecule has 1 N–H and O–H groups in total. The monoisotopic (exact) mass is 573 g/mol. The molecule has 6 rings (SSSR count). The van der Waals surface area contributed by atoms with Crippen molar-refractivity contribution in [3.8, 4) is 34.0 Å². The highest BCUT2D eigenvalue weighted by Gasteiger charge is 2.40. The molecule has 0 bridgehead atoms. The first-order chi connectivity index (χ1) is 18.6. The molecule has 40 heavy (non-hydrogen) atoms. The van der Waals surface area contributed by atoms with Crippen LogP contribution in [0.1, 0.15) is 35.1 Å². The normalized spacial score (nSPS) is 18.6. The Hall–Kier alpha value is -3.76. The smallest absolute Gasteiger partial charge is 0.417 e. The number of hydrogen-bond acceptors (Lipinski definition) is 5. The number of aromatic nitrogens is 2. The molecule has 1 aliphatic heterocycles. The lowest BCUT2D eigenvalue weighted by molar-refractivity contribution is -0.147. The summed E-state index contributed by atoms with van der Waals surface area (Å²) in [6.07, 6.45) is -3.28. The van der Waals surface area contributed by atoms with E-state index in [1.54, 1.807) is 6.92 Å². The van der Waals surface area contributed by atoms with Gasteiger partial charge in [0.15, 0.2) is 0 Å². The number of alkyl halides is 3. The van der Waals surface area contributed by atoms with Gasteiger partial charge in [0.1, 0.15) is 5.82 Å². The second kappa shape index (κ2) is 10.3. The summed E-state index contributed by atoms with van der Waals surface area (Å²) in [7, 11) is 0. The van der Waals surface area contributed by atoms with Crippen molar-refractivity contribution < 1.29 is 32.0 Å². The molecule has 1 fully saturated rings. The number of carboxylic acids is 1. The average Bonchev–Trinajstić information content (AvgIpc) is 3.50. The van der Waals surface area contributed by atoms with Crippen LogP contribution in [0.2, 0.25) is 0 Å². The third-order valence-electron chi connectivity index (χ3n) is 7.68. The van der Waals surface area contributed by atoms with E-state index in [-0.39, 0.29) is 52.8 Å². The number of aliphatic carboxylic acids is 1. The molecule has 0 amide bonds. The van der Waals surface area contributed by atoms with Gasteiger partial charge in [-0.25, -0.2) is 4.39 Å². The zero-order valence-electron chi connectivity index (χ0n) is 21.2. The predicted octanol–water partition coefficient (Wildman–Crippen LogP) is 7.14. The molecule has 0 saturated heterocycles. The number of carboxylic acid groups (broad SMARTS) is 1. The van der Waals surface area contributed by atoms with Gasteiger partial charge in [-0.2, -0.15) is 18.2 Å². The van der Waals surface area contributed by atoms with Gasteiger partial charge >= 0.3 is 12.1 Å². The van der Waals surface area contributed by atoms with E-state index in [4.69, 9.17) is 9.63 Å². The Morgan fingerprint density at radius 3 is 2.45 bits per heavy atom. The summed E-state index contributed by atoms with van der Waals surface area (Å²) in [4.78, 5) is 17.8. The Morgan fingerprint density at radius 2 is 1.73 bits per heavy atom. The predicted molar refractivity (Wildman–Crippen MR) is 141 cm³/mol. The first kappa shape index (κ1) is 27.8. The van der Waals surface area contributed by atoms with Gasteiger partial charge in [0.25, 0.3) is 5.89 Å². The number of aryl methyl sites for hydroxylation is 1. The maximum atomic E-state index is 15.2. The molecule has 2 aliphatic rings. The van der Waals surface area contributed by atoms with Gasteiger partial charge in [-0.1, -0.05) is 35.5 Å². The summed E-state index contributed by atoms with van der Waals surface area (Å²) in [6.45, 7) is 3.05. The molecular formula is C29H24ClF4N3O3. The Balaban J connectivity index is 0.00000323. The second-order valence-electron chi connectivity index (χ2n) is 10.2. The molecular weight excluding hydrogens is 550 g/mol. The van der Waals surface area contributed by atoms with E-state index in [1.807, 2.05) is 18.2 Å². The highest BCUT2D eigenvalue weighted by molar-refractivity contribution is 5.85. The number of halogens is 5. The summed E-state index contributed by atoms with van der Waals surface area (Å²) in [5, 5.41) is 13.2. The third kappa shape index (κ3) is 4.97. The van der Waals surface area contributed by atoms with Crippen molar-refractivity contribution >= 4 is 18.4 Å². The highest BCUT2D eigenvalue weighted by Crippen LogP contribution is 2.40. The van der Waals surface area contributed by atoms with Crippen molar-refractivity contribution in [3.05, 3.63) is 82.7 Å². The summed E-state index contributed by atoms with van der Waals surface area (Å²) in [5.74, 6) is -1.59. The fraction of sp³-hybridized carbons (Fsp3) is 0.276. The van der Waals surface area contributed by atoms with Gasteiger partial charge in [0.05, 0.1) is 17.0 Å². The summed E-state index contributed by atoms with van der Waals surface area (Å²) in [5.41, 5.74) is 2.56. The number of nitrogens with zero attached hydrogens (tertiary/aromatic N) is 3. The average molecular weight is 574 g/mol. The molecule has 11 heteroatoms. The number of hydrogen-bond donors (Lipinski definition) is 1. The number of carbonyl (C=O) groups is 1. The molecule has 6 nitrogen and oxygen atoms in total. The van der Waals surface area contributed by atoms with Crippen LogP contribution in [0, 0.1) is 18.7 Å². The minimum Gasteiger partial charge on any atom is -0.481 e. The van der Waals surface area contributed by atoms with E-state index < -0.39 is 23.5 Å². The van der Waals surface area contributed by atoms with Crippen LogP contribution in [0.15, 0.2) is 59.1 Å². The van der Waals surface area contributed by atoms with E-state index >= 15 is 4.39 Å². The van der Waals surface area contributed by atoms with Gasteiger partial charge in [0, 0.05) is 24.7 Å². The zero-order chi connectivity index (χ0) is 27.5. The molecule has 0 unspecified atom stereocenters. The fourth-order valence-electron chi connectivity index (χ4n) is 5.46. The Bertz CT molecular complexity index is 1600. The maximum Gasteiger partial charge on any atom is 0.417 e. The molecule has 0 atom stereocenters. The van der Waals surface area contributed by atoms with Crippen LogP contribution in [-0.4, -0.2) is 32.2 Å². The molecule has 0 spiro atoms. The molecule has 1 aromatic heterocycles. The Kier molecular flexibility index (Phi) is 7.18. The van der Waals surface area contributed by atoms with E-state index in [1.165, 1.54) is 24.3 Å². The summed E-state index contributed by atoms with van der Waals surface area (Å²) < 4.78 is 61.2. The Labute approximate surface area is 233 Å². The lowest BCUT2D eigenvalue weighted by Crippen LogP contribution is -2.44. The first-order valence-corrected chi connectivity index (χ1v) is 12.5. The largest absolute Gasteiger partial charge is 0.481 e. The number of benzene rings is 3. The zero-order valence-corrected chi connectivity index (χ0v) is 22.0. The van der Waals surface area contributed by atoms with Crippen LogP contribution in [0.5, 0.6) is 0 Å². The SMILES string of the molecule is Cc1cc(-c2nc(-c3ccc4c(c3)CN(C3CC(C(=O)O)C3)C4)no2)c(F)cc1-c1ccccc1C(F)(F)F.Cl. The minimum absolute atomic E-state index is 0. The van der Waals surface area contributed by atoms with Crippen LogP contribution < -0.4 is 0 Å². The standard InChI is InChI=1S/C29H23F4N3O3.ClH/c1-15-8-23(25(30)12-22(15)21-4-2-3-5-24(21)29(31,32)33)27-34-26(35-39-27)16-6-7-17-13-36(14-19(17)9-16)20-10-18(11-20)28(37)38;/h2-9,12,18,20H,10-11,13-14H2,1H3,(H,37,38);1H. The van der Waals surface area contributed by atoms with Gasteiger partial charge in [-0.15, -0.1) is 12.4 Å². The highest BCUT2D eigenvalue weighted by atomic mass is 35.5. The molecule has 1 saturated carbocycles. The van der Waals surface area contributed by atoms with Crippen LogP contribution in [0.3, 0.4) is 0 Å². The van der Waals surface area contributed by atoms with Gasteiger partial charge < -0.3 is 9.63 Å². The van der Waals surface area contributed by atoms with Gasteiger partial charge in [-0.3, -0.25) is 9.69 Å². The van der Waals surface area contributed by atoms with E-state index in [2.05, 4.69) is 15.0 Å². The van der Waals surface area contributed by atoms with Crippen molar-refractivity contribution in [1.82, 2.24) is 15.0 Å². The third-order valence-corrected chi connectivity index (χ3v) is 7.68. The molecule has 1 aliphatic carbocycles. The second-order valence-corrected chi connectivity index (χ2v) is 10.2. The van der Waals surface area contributed by atoms with Crippen molar-refractivity contribution in [2.24, 2.45) is 5.92 Å². The fourth-order valence-corrected chi connectivity index (χ4v) is 5.46. The Morgan fingerprint density at radius 1 is 1.00 bits per heavy atom. The van der Waals surface area contributed by atoms with Gasteiger partial charge in [0.2, 0.25) is 5.82 Å². The molecule has 208 valence electrons. The van der Waals surface area contributed by atoms with Crippen molar-refractivity contribution in [2.75, 3.05) is 0 Å². The molecule has 0 radical (unpaired) electrons. The van der Waals surface area contributed by atoms with Crippen LogP contribution in [-0.2, 0) is 24.1 Å². The lowest BCUT2D eigenvalue weighted by atomic mass is 9.79. The van der Waals surface area contributed by atoms with E-state index in [0.29, 0.717) is 30.5 Å². The topological polar surface area (TPSA) is 79.5 Å². The van der Waals surface area contributed by atoms with Crippen LogP contribution >= 0.6 is 12.4 Å². The summed E-state index contributed by atoms with van der Waals surface area (Å²) >= 11 is 0. The summed E-state index contributed by atoms with van der Waals surface area (Å²) in [6, 6.07) is 13.6. The van der Waals surface area contributed by atoms with E-state index in [9.17, 15) is 18.0 Å². The van der Waals surface area contributed by atoms with Crippen LogP contribution in [0.25, 0.3) is 34.0 Å². The van der Waals surface area contributed by atoms with Crippen molar-refractivity contribution in [3.63, 3.8) is 0 Å². The van der Waals surface area contributed by atoms with E-state index in [0.717, 1.165) is 29.8 Å². The minimum atomic E-state index is -4.58. The molecule has 2 heterocycles. The van der Waals surface area contributed by atoms with Crippen LogP contribution in [0.4, 0.5) is 17.6 Å². The lowest BCUT2D eigenvalue weighted by Gasteiger charge is -2.39. The van der Waals surface area contributed by atoms with Crippen molar-refractivity contribution in [2.45, 2.75) is 45.1 Å². The first-order valence-electron chi connectivity index (χ1n) is 12.5. The molecule has 3 aromatic carbocycles. The maximum absolute atomic E-state index is 15.2.